The minimum absolute atomic E-state index is 0.0927. The molecule has 1 aromatic rings. The molecule has 152 valence electrons. The maximum absolute atomic E-state index is 12.4. The predicted molar refractivity (Wildman–Crippen MR) is 108 cm³/mol. The van der Waals surface area contributed by atoms with Crippen LogP contribution in [-0.2, 0) is 20.9 Å². The zero-order valence-electron chi connectivity index (χ0n) is 17.6. The molecule has 1 amide bonds. The first-order valence-electron chi connectivity index (χ1n) is 10.00. The fraction of sp³-hybridized carbons (Fsp3) is 0.591. The van der Waals surface area contributed by atoms with E-state index in [0.717, 1.165) is 36.3 Å². The van der Waals surface area contributed by atoms with Crippen molar-refractivity contribution in [3.8, 4) is 6.07 Å². The van der Waals surface area contributed by atoms with E-state index in [1.807, 2.05) is 26.0 Å². The highest BCUT2D eigenvalue weighted by Gasteiger charge is 2.26. The molecule has 0 saturated carbocycles. The van der Waals surface area contributed by atoms with Gasteiger partial charge in [-0.1, -0.05) is 20.8 Å². The topological polar surface area (TPSA) is 75.3 Å². The summed E-state index contributed by atoms with van der Waals surface area (Å²) < 4.78 is 7.31. The SMILES string of the molecule is CCCn1c(C)cc(/C=C(\C#N)C(=O)OCC(=O)N2C[C@H](C)C[C@@H](C)C2)c1C. The number of hydrogen-bond donors (Lipinski definition) is 0. The van der Waals surface area contributed by atoms with E-state index >= 15 is 0 Å². The third-order valence-corrected chi connectivity index (χ3v) is 5.25. The number of piperidine rings is 1. The summed E-state index contributed by atoms with van der Waals surface area (Å²) >= 11 is 0. The minimum atomic E-state index is -0.755. The van der Waals surface area contributed by atoms with E-state index in [-0.39, 0.29) is 18.1 Å². The van der Waals surface area contributed by atoms with Crippen LogP contribution in [0.15, 0.2) is 11.6 Å². The van der Waals surface area contributed by atoms with E-state index in [0.29, 0.717) is 24.9 Å². The first-order valence-corrected chi connectivity index (χ1v) is 10.00. The molecule has 2 atom stereocenters. The van der Waals surface area contributed by atoms with Crippen LogP contribution < -0.4 is 0 Å². The number of ether oxygens (including phenoxy) is 1. The first kappa shape index (κ1) is 21.7. The van der Waals surface area contributed by atoms with Gasteiger partial charge in [0.15, 0.2) is 6.61 Å². The molecule has 0 unspecified atom stereocenters. The predicted octanol–water partition coefficient (Wildman–Crippen LogP) is 3.47. The number of carbonyl (C=O) groups excluding carboxylic acids is 2. The Morgan fingerprint density at radius 1 is 1.29 bits per heavy atom. The van der Waals surface area contributed by atoms with E-state index in [1.165, 1.54) is 0 Å². The summed E-state index contributed by atoms with van der Waals surface area (Å²) in [5.41, 5.74) is 2.82. The van der Waals surface area contributed by atoms with Gasteiger partial charge in [0, 0.05) is 31.0 Å². The van der Waals surface area contributed by atoms with Crippen molar-refractivity contribution < 1.29 is 14.3 Å². The van der Waals surface area contributed by atoms with E-state index in [2.05, 4.69) is 25.3 Å². The molecule has 2 rings (SSSR count). The molecular formula is C22H31N3O3. The minimum Gasteiger partial charge on any atom is -0.451 e. The summed E-state index contributed by atoms with van der Waals surface area (Å²) in [4.78, 5) is 26.5. The summed E-state index contributed by atoms with van der Waals surface area (Å²) in [6.45, 7) is 12.2. The smallest absolute Gasteiger partial charge is 0.349 e. The second-order valence-electron chi connectivity index (χ2n) is 7.97. The molecule has 0 aliphatic carbocycles. The Kier molecular flexibility index (Phi) is 7.45. The number of aryl methyl sites for hydroxylation is 1. The molecule has 0 radical (unpaired) electrons. The molecule has 28 heavy (non-hydrogen) atoms. The number of aromatic nitrogens is 1. The molecule has 6 nitrogen and oxygen atoms in total. The normalized spacial score (nSPS) is 20.0. The molecule has 0 aromatic carbocycles. The molecule has 2 heterocycles. The Labute approximate surface area is 167 Å². The van der Waals surface area contributed by atoms with Crippen molar-refractivity contribution in [2.24, 2.45) is 11.8 Å². The van der Waals surface area contributed by atoms with Crippen molar-refractivity contribution >= 4 is 18.0 Å². The van der Waals surface area contributed by atoms with Gasteiger partial charge in [-0.3, -0.25) is 4.79 Å². The van der Waals surface area contributed by atoms with Gasteiger partial charge in [0.05, 0.1) is 0 Å². The molecule has 0 spiro atoms. The highest BCUT2D eigenvalue weighted by Crippen LogP contribution is 2.21. The standard InChI is InChI=1S/C22H31N3O3/c1-6-7-25-17(4)9-19(18(25)5)10-20(11-23)22(27)28-14-21(26)24-12-15(2)8-16(3)13-24/h9-10,15-16H,6-8,12-14H2,1-5H3/b20-10+/t15-,16-/m1/s1. The second-order valence-corrected chi connectivity index (χ2v) is 7.97. The fourth-order valence-electron chi connectivity index (χ4n) is 4.00. The average molecular weight is 386 g/mol. The zero-order valence-corrected chi connectivity index (χ0v) is 17.6. The Bertz CT molecular complexity index is 791. The van der Waals surface area contributed by atoms with Gasteiger partial charge in [0.2, 0.25) is 0 Å². The van der Waals surface area contributed by atoms with Crippen LogP contribution in [-0.4, -0.2) is 41.0 Å². The summed E-state index contributed by atoms with van der Waals surface area (Å²) in [5, 5.41) is 9.39. The molecule has 1 aromatic heterocycles. The molecule has 1 aliphatic rings. The molecule has 6 heteroatoms. The largest absolute Gasteiger partial charge is 0.451 e. The zero-order chi connectivity index (χ0) is 20.8. The average Bonchev–Trinajstić information content (AvgIpc) is 2.90. The van der Waals surface area contributed by atoms with Crippen LogP contribution in [0.25, 0.3) is 6.08 Å². The quantitative estimate of drug-likeness (QED) is 0.427. The van der Waals surface area contributed by atoms with Gasteiger partial charge in [-0.05, 0) is 56.2 Å². The van der Waals surface area contributed by atoms with Gasteiger partial charge in [-0.15, -0.1) is 0 Å². The number of likely N-dealkylation sites (tertiary alicyclic amines) is 1. The maximum Gasteiger partial charge on any atom is 0.349 e. The van der Waals surface area contributed by atoms with Gasteiger partial charge in [-0.25, -0.2) is 4.79 Å². The Hall–Kier alpha value is -2.55. The summed E-state index contributed by atoms with van der Waals surface area (Å²) in [7, 11) is 0. The van der Waals surface area contributed by atoms with Crippen molar-refractivity contribution in [2.75, 3.05) is 19.7 Å². The number of carbonyl (C=O) groups is 2. The number of nitrogens with zero attached hydrogens (tertiary/aromatic N) is 3. The molecule has 1 aliphatic heterocycles. The lowest BCUT2D eigenvalue weighted by atomic mass is 9.92. The number of esters is 1. The van der Waals surface area contributed by atoms with Crippen LogP contribution in [0.2, 0.25) is 0 Å². The van der Waals surface area contributed by atoms with Gasteiger partial charge in [0.1, 0.15) is 11.6 Å². The fourth-order valence-corrected chi connectivity index (χ4v) is 4.00. The van der Waals surface area contributed by atoms with Crippen molar-refractivity contribution in [3.63, 3.8) is 0 Å². The second kappa shape index (κ2) is 9.59. The van der Waals surface area contributed by atoms with Crippen molar-refractivity contribution in [1.82, 2.24) is 9.47 Å². The monoisotopic (exact) mass is 385 g/mol. The van der Waals surface area contributed by atoms with Crippen LogP contribution in [0, 0.1) is 37.0 Å². The third kappa shape index (κ3) is 5.25. The van der Waals surface area contributed by atoms with E-state index < -0.39 is 5.97 Å². The lowest BCUT2D eigenvalue weighted by Gasteiger charge is -2.34. The summed E-state index contributed by atoms with van der Waals surface area (Å²) in [6.07, 6.45) is 3.65. The Balaban J connectivity index is 2.04. The Morgan fingerprint density at radius 3 is 2.50 bits per heavy atom. The first-order chi connectivity index (χ1) is 13.3. The summed E-state index contributed by atoms with van der Waals surface area (Å²) in [6, 6.07) is 3.86. The van der Waals surface area contributed by atoms with Gasteiger partial charge in [-0.2, -0.15) is 5.26 Å². The van der Waals surface area contributed by atoms with Gasteiger partial charge < -0.3 is 14.2 Å². The van der Waals surface area contributed by atoms with Crippen molar-refractivity contribution in [3.05, 3.63) is 28.6 Å². The van der Waals surface area contributed by atoms with Gasteiger partial charge in [0.25, 0.3) is 5.91 Å². The van der Waals surface area contributed by atoms with Crippen molar-refractivity contribution in [1.29, 1.82) is 5.26 Å². The van der Waals surface area contributed by atoms with Gasteiger partial charge >= 0.3 is 5.97 Å². The molecule has 1 saturated heterocycles. The van der Waals surface area contributed by atoms with E-state index in [1.54, 1.807) is 11.0 Å². The number of rotatable bonds is 6. The van der Waals surface area contributed by atoms with Crippen LogP contribution in [0.4, 0.5) is 0 Å². The highest BCUT2D eigenvalue weighted by atomic mass is 16.5. The highest BCUT2D eigenvalue weighted by molar-refractivity contribution is 5.99. The maximum atomic E-state index is 12.4. The third-order valence-electron chi connectivity index (χ3n) is 5.25. The van der Waals surface area contributed by atoms with Crippen LogP contribution >= 0.6 is 0 Å². The molecule has 0 N–H and O–H groups in total. The van der Waals surface area contributed by atoms with Crippen LogP contribution in [0.1, 0.15) is 50.6 Å². The van der Waals surface area contributed by atoms with Crippen molar-refractivity contribution in [2.45, 2.75) is 54.0 Å². The van der Waals surface area contributed by atoms with Crippen LogP contribution in [0.3, 0.4) is 0 Å². The van der Waals surface area contributed by atoms with E-state index in [4.69, 9.17) is 4.74 Å². The molecule has 0 bridgehead atoms. The number of amides is 1. The lowest BCUT2D eigenvalue weighted by molar-refractivity contribution is -0.149. The number of hydrogen-bond acceptors (Lipinski definition) is 4. The van der Waals surface area contributed by atoms with Crippen LogP contribution in [0.5, 0.6) is 0 Å². The lowest BCUT2D eigenvalue weighted by Crippen LogP contribution is -2.44. The molecular weight excluding hydrogens is 354 g/mol. The Morgan fingerprint density at radius 2 is 1.93 bits per heavy atom. The molecule has 1 fully saturated rings. The number of nitriles is 1. The van der Waals surface area contributed by atoms with E-state index in [9.17, 15) is 14.9 Å². The summed E-state index contributed by atoms with van der Waals surface area (Å²) in [5.74, 6) is -0.0768.